The Bertz CT molecular complexity index is 538. The van der Waals surface area contributed by atoms with E-state index in [1.165, 1.54) is 19.3 Å². The summed E-state index contributed by atoms with van der Waals surface area (Å²) in [5.41, 5.74) is 2.22. The molecule has 1 aliphatic rings. The van der Waals surface area contributed by atoms with Crippen molar-refractivity contribution in [2.75, 3.05) is 6.54 Å². The summed E-state index contributed by atoms with van der Waals surface area (Å²) >= 11 is 0. The molecule has 2 aromatic rings. The number of piperidine rings is 1. The summed E-state index contributed by atoms with van der Waals surface area (Å²) in [5.74, 6) is 2.14. The molecule has 4 heteroatoms. The van der Waals surface area contributed by atoms with Crippen LogP contribution < -0.4 is 5.32 Å². The predicted molar refractivity (Wildman–Crippen MR) is 67.1 cm³/mol. The molecule has 3 rings (SSSR count). The number of imidazole rings is 1. The van der Waals surface area contributed by atoms with Crippen LogP contribution in [0, 0.1) is 13.8 Å². The van der Waals surface area contributed by atoms with Crippen molar-refractivity contribution < 1.29 is 0 Å². The lowest BCUT2D eigenvalue weighted by Crippen LogP contribution is -2.29. The maximum Gasteiger partial charge on any atom is 0.132 e. The number of hydrogen-bond acceptors (Lipinski definition) is 3. The Hall–Kier alpha value is -1.42. The summed E-state index contributed by atoms with van der Waals surface area (Å²) in [5, 5.41) is 3.56. The number of nitrogens with zero attached hydrogens (tertiary/aromatic N) is 3. The monoisotopic (exact) mass is 230 g/mol. The second kappa shape index (κ2) is 4.11. The minimum Gasteiger partial charge on any atom is -0.307 e. The van der Waals surface area contributed by atoms with E-state index in [9.17, 15) is 0 Å². The van der Waals surface area contributed by atoms with Gasteiger partial charge in [0.2, 0.25) is 0 Å². The number of fused-ring (bicyclic) bond motifs is 1. The molecule has 0 bridgehead atoms. The van der Waals surface area contributed by atoms with Crippen LogP contribution in [0.25, 0.3) is 5.52 Å². The first-order valence-corrected chi connectivity index (χ1v) is 6.31. The first kappa shape index (κ1) is 10.7. The van der Waals surface area contributed by atoms with Crippen molar-refractivity contribution in [3.05, 3.63) is 29.6 Å². The zero-order valence-electron chi connectivity index (χ0n) is 10.4. The lowest BCUT2D eigenvalue weighted by molar-refractivity contribution is 0.393. The number of hydrogen-bond donors (Lipinski definition) is 1. The summed E-state index contributed by atoms with van der Waals surface area (Å²) < 4.78 is 2.18. The van der Waals surface area contributed by atoms with Gasteiger partial charge in [-0.1, -0.05) is 6.42 Å². The average Bonchev–Trinajstić information content (AvgIpc) is 2.71. The normalized spacial score (nSPS) is 20.9. The highest BCUT2D eigenvalue weighted by Crippen LogP contribution is 2.23. The quantitative estimate of drug-likeness (QED) is 0.816. The summed E-state index contributed by atoms with van der Waals surface area (Å²) in [6, 6.07) is 2.46. The maximum atomic E-state index is 4.72. The molecular formula is C13H18N4. The van der Waals surface area contributed by atoms with Gasteiger partial charge in [-0.3, -0.25) is 4.40 Å². The Labute approximate surface area is 101 Å². The molecule has 0 amide bonds. The van der Waals surface area contributed by atoms with E-state index in [0.29, 0.717) is 6.04 Å². The fourth-order valence-corrected chi connectivity index (χ4v) is 2.64. The Balaban J connectivity index is 2.15. The molecule has 90 valence electrons. The molecule has 2 aromatic heterocycles. The molecule has 1 saturated heterocycles. The third-order valence-corrected chi connectivity index (χ3v) is 3.46. The molecule has 0 aliphatic carbocycles. The van der Waals surface area contributed by atoms with Crippen molar-refractivity contribution in [3.63, 3.8) is 0 Å². The van der Waals surface area contributed by atoms with Crippen LogP contribution in [-0.4, -0.2) is 20.9 Å². The fourth-order valence-electron chi connectivity index (χ4n) is 2.64. The van der Waals surface area contributed by atoms with Gasteiger partial charge in [-0.25, -0.2) is 9.97 Å². The van der Waals surface area contributed by atoms with E-state index in [1.54, 1.807) is 0 Å². The van der Waals surface area contributed by atoms with Gasteiger partial charge in [0, 0.05) is 5.69 Å². The van der Waals surface area contributed by atoms with Gasteiger partial charge in [-0.05, 0) is 39.3 Å². The molecule has 0 radical (unpaired) electrons. The Morgan fingerprint density at radius 1 is 1.35 bits per heavy atom. The van der Waals surface area contributed by atoms with E-state index in [2.05, 4.69) is 27.7 Å². The van der Waals surface area contributed by atoms with Crippen molar-refractivity contribution in [1.82, 2.24) is 19.7 Å². The third-order valence-electron chi connectivity index (χ3n) is 3.46. The first-order valence-electron chi connectivity index (χ1n) is 6.31. The Kier molecular flexibility index (Phi) is 2.59. The van der Waals surface area contributed by atoms with Gasteiger partial charge in [-0.2, -0.15) is 0 Å². The zero-order chi connectivity index (χ0) is 11.8. The van der Waals surface area contributed by atoms with Crippen molar-refractivity contribution in [3.8, 4) is 0 Å². The second-order valence-electron chi connectivity index (χ2n) is 4.82. The smallest absolute Gasteiger partial charge is 0.132 e. The van der Waals surface area contributed by atoms with Crippen LogP contribution in [0.3, 0.4) is 0 Å². The molecule has 0 aromatic carbocycles. The lowest BCUT2D eigenvalue weighted by Gasteiger charge is -2.24. The Morgan fingerprint density at radius 2 is 2.24 bits per heavy atom. The van der Waals surface area contributed by atoms with E-state index < -0.39 is 0 Å². The van der Waals surface area contributed by atoms with Gasteiger partial charge in [0.15, 0.2) is 0 Å². The Morgan fingerprint density at radius 3 is 3.00 bits per heavy atom. The van der Waals surface area contributed by atoms with Gasteiger partial charge in [0.25, 0.3) is 0 Å². The minimum atomic E-state index is 0.374. The van der Waals surface area contributed by atoms with Crippen molar-refractivity contribution >= 4 is 5.52 Å². The van der Waals surface area contributed by atoms with Gasteiger partial charge >= 0.3 is 0 Å². The van der Waals surface area contributed by atoms with Gasteiger partial charge in [0.1, 0.15) is 11.6 Å². The molecule has 17 heavy (non-hydrogen) atoms. The zero-order valence-corrected chi connectivity index (χ0v) is 10.4. The summed E-state index contributed by atoms with van der Waals surface area (Å²) in [7, 11) is 0. The molecule has 0 unspecified atom stereocenters. The average molecular weight is 230 g/mol. The molecule has 1 aliphatic heterocycles. The standard InChI is InChI=1S/C13H18N4/c1-9-7-11-8-15-10(2)17(11)13(16-9)12-5-3-4-6-14-12/h7-8,12,14H,3-6H2,1-2H3/t12-/m0/s1. The molecule has 3 heterocycles. The molecule has 4 nitrogen and oxygen atoms in total. The SMILES string of the molecule is Cc1cc2cnc(C)n2c([C@@H]2CCCCN2)n1. The van der Waals surface area contributed by atoms with Crippen LogP contribution in [0.4, 0.5) is 0 Å². The molecular weight excluding hydrogens is 212 g/mol. The molecule has 0 saturated carbocycles. The lowest BCUT2D eigenvalue weighted by atomic mass is 10.0. The predicted octanol–water partition coefficient (Wildman–Crippen LogP) is 2.16. The van der Waals surface area contributed by atoms with E-state index in [0.717, 1.165) is 29.4 Å². The second-order valence-corrected chi connectivity index (χ2v) is 4.82. The first-order chi connectivity index (χ1) is 8.25. The summed E-state index contributed by atoms with van der Waals surface area (Å²) in [6.07, 6.45) is 5.65. The minimum absolute atomic E-state index is 0.374. The largest absolute Gasteiger partial charge is 0.307 e. The topological polar surface area (TPSA) is 42.2 Å². The molecule has 1 fully saturated rings. The third kappa shape index (κ3) is 1.82. The molecule has 0 spiro atoms. The van der Waals surface area contributed by atoms with Crippen molar-refractivity contribution in [2.45, 2.75) is 39.2 Å². The van der Waals surface area contributed by atoms with Crippen LogP contribution in [-0.2, 0) is 0 Å². The van der Waals surface area contributed by atoms with Gasteiger partial charge in [0.05, 0.1) is 17.8 Å². The van der Waals surface area contributed by atoms with Gasteiger partial charge in [-0.15, -0.1) is 0 Å². The van der Waals surface area contributed by atoms with Crippen LogP contribution in [0.5, 0.6) is 0 Å². The van der Waals surface area contributed by atoms with Crippen LogP contribution in [0.2, 0.25) is 0 Å². The highest BCUT2D eigenvalue weighted by molar-refractivity contribution is 5.47. The number of aromatic nitrogens is 3. The molecule has 1 atom stereocenters. The number of nitrogens with one attached hydrogen (secondary N) is 1. The fraction of sp³-hybridized carbons (Fsp3) is 0.538. The van der Waals surface area contributed by atoms with Crippen molar-refractivity contribution in [1.29, 1.82) is 0 Å². The molecule has 1 N–H and O–H groups in total. The summed E-state index contributed by atoms with van der Waals surface area (Å²) in [4.78, 5) is 9.11. The van der Waals surface area contributed by atoms with E-state index in [-0.39, 0.29) is 0 Å². The highest BCUT2D eigenvalue weighted by Gasteiger charge is 2.20. The summed E-state index contributed by atoms with van der Waals surface area (Å²) in [6.45, 7) is 5.18. The van der Waals surface area contributed by atoms with Gasteiger partial charge < -0.3 is 5.32 Å². The van der Waals surface area contributed by atoms with Crippen molar-refractivity contribution in [2.24, 2.45) is 0 Å². The van der Waals surface area contributed by atoms with Crippen LogP contribution in [0.15, 0.2) is 12.3 Å². The van der Waals surface area contributed by atoms with Crippen LogP contribution in [0.1, 0.15) is 42.6 Å². The maximum absolute atomic E-state index is 4.72. The van der Waals surface area contributed by atoms with Crippen LogP contribution >= 0.6 is 0 Å². The number of aryl methyl sites for hydroxylation is 2. The number of rotatable bonds is 1. The van der Waals surface area contributed by atoms with E-state index in [1.807, 2.05) is 13.1 Å². The van der Waals surface area contributed by atoms with E-state index >= 15 is 0 Å². The highest BCUT2D eigenvalue weighted by atomic mass is 15.1. The van der Waals surface area contributed by atoms with E-state index in [4.69, 9.17) is 4.98 Å².